The van der Waals surface area contributed by atoms with E-state index in [9.17, 15) is 9.90 Å². The molecule has 1 aliphatic carbocycles. The molecule has 1 atom stereocenters. The highest BCUT2D eigenvalue weighted by Crippen LogP contribution is 2.27. The second kappa shape index (κ2) is 4.72. The summed E-state index contributed by atoms with van der Waals surface area (Å²) in [6, 6.07) is 0. The largest absolute Gasteiger partial charge is 0.388 e. The number of hydrogen-bond acceptors (Lipinski definition) is 3. The van der Waals surface area contributed by atoms with Gasteiger partial charge in [0.05, 0.1) is 12.1 Å². The number of β-amino-alcohol motifs (C(OH)–C–C–N with tert-alkyl or cyclic N) is 1. The first-order chi connectivity index (χ1) is 7.57. The van der Waals surface area contributed by atoms with Crippen LogP contribution in [0.3, 0.4) is 0 Å². The average molecular weight is 226 g/mol. The van der Waals surface area contributed by atoms with E-state index in [0.29, 0.717) is 13.1 Å². The van der Waals surface area contributed by atoms with Crippen LogP contribution in [0.1, 0.15) is 32.6 Å². The summed E-state index contributed by atoms with van der Waals surface area (Å²) in [5, 5.41) is 13.1. The number of nitrogens with one attached hydrogen (secondary N) is 1. The number of piperidine rings is 1. The summed E-state index contributed by atoms with van der Waals surface area (Å²) in [6.45, 7) is 4.48. The summed E-state index contributed by atoms with van der Waals surface area (Å²) in [5.74, 6) is 0.929. The Balaban J connectivity index is 1.70. The van der Waals surface area contributed by atoms with Gasteiger partial charge in [-0.15, -0.1) is 0 Å². The Morgan fingerprint density at radius 3 is 2.94 bits per heavy atom. The maximum atomic E-state index is 11.8. The van der Waals surface area contributed by atoms with E-state index in [2.05, 4.69) is 5.32 Å². The maximum absolute atomic E-state index is 11.8. The topological polar surface area (TPSA) is 52.6 Å². The van der Waals surface area contributed by atoms with Crippen molar-refractivity contribution in [3.8, 4) is 0 Å². The molecule has 0 spiro atoms. The fraction of sp³-hybridized carbons (Fsp3) is 0.917. The molecule has 2 N–H and O–H groups in total. The number of hydrogen-bond donors (Lipinski definition) is 2. The van der Waals surface area contributed by atoms with Crippen LogP contribution in [-0.4, -0.2) is 47.7 Å². The molecule has 2 fully saturated rings. The van der Waals surface area contributed by atoms with Gasteiger partial charge in [-0.1, -0.05) is 0 Å². The maximum Gasteiger partial charge on any atom is 0.236 e. The molecule has 0 aromatic rings. The summed E-state index contributed by atoms with van der Waals surface area (Å²) >= 11 is 0. The number of carbonyl (C=O) groups excluding carboxylic acids is 1. The number of rotatable bonds is 4. The molecule has 2 aliphatic rings. The predicted octanol–water partition coefficient (Wildman–Crippen LogP) is 0.359. The van der Waals surface area contributed by atoms with Gasteiger partial charge in [-0.2, -0.15) is 0 Å². The summed E-state index contributed by atoms with van der Waals surface area (Å²) in [7, 11) is 0. The van der Waals surface area contributed by atoms with Gasteiger partial charge in [-0.05, 0) is 45.1 Å². The molecule has 1 aliphatic heterocycles. The van der Waals surface area contributed by atoms with Crippen LogP contribution in [0.4, 0.5) is 0 Å². The molecule has 92 valence electrons. The van der Waals surface area contributed by atoms with Crippen molar-refractivity contribution in [2.75, 3.05) is 26.2 Å². The highest BCUT2D eigenvalue weighted by Gasteiger charge is 2.30. The van der Waals surface area contributed by atoms with Gasteiger partial charge in [-0.3, -0.25) is 4.79 Å². The van der Waals surface area contributed by atoms with Crippen molar-refractivity contribution >= 4 is 5.91 Å². The molecule has 4 nitrogen and oxygen atoms in total. The summed E-state index contributed by atoms with van der Waals surface area (Å²) in [4.78, 5) is 13.6. The van der Waals surface area contributed by atoms with Crippen LogP contribution in [0.15, 0.2) is 0 Å². The predicted molar refractivity (Wildman–Crippen MR) is 62.0 cm³/mol. The fourth-order valence-corrected chi connectivity index (χ4v) is 2.25. The van der Waals surface area contributed by atoms with Crippen LogP contribution >= 0.6 is 0 Å². The third kappa shape index (κ3) is 3.46. The van der Waals surface area contributed by atoms with Gasteiger partial charge in [0, 0.05) is 13.1 Å². The van der Waals surface area contributed by atoms with Crippen molar-refractivity contribution in [2.24, 2.45) is 5.92 Å². The zero-order valence-electron chi connectivity index (χ0n) is 10.0. The highest BCUT2D eigenvalue weighted by molar-refractivity contribution is 5.78. The molecular formula is C12H22N2O2. The molecule has 2 rings (SSSR count). The standard InChI is InChI=1S/C12H22N2O2/c1-12(16)5-2-6-14(9-12)11(15)8-13-7-10-3-4-10/h10,13,16H,2-9H2,1H3. The van der Waals surface area contributed by atoms with Gasteiger partial charge in [-0.25, -0.2) is 0 Å². The molecular weight excluding hydrogens is 204 g/mol. The number of aliphatic hydroxyl groups is 1. The lowest BCUT2D eigenvalue weighted by atomic mass is 9.95. The normalized spacial score (nSPS) is 30.5. The van der Waals surface area contributed by atoms with Crippen molar-refractivity contribution in [3.05, 3.63) is 0 Å². The Kier molecular flexibility index (Phi) is 3.50. The third-order valence-corrected chi connectivity index (χ3v) is 3.43. The second-order valence-electron chi connectivity index (χ2n) is 5.49. The lowest BCUT2D eigenvalue weighted by Crippen LogP contribution is -2.50. The first kappa shape index (κ1) is 11.9. The second-order valence-corrected chi connectivity index (χ2v) is 5.49. The molecule has 16 heavy (non-hydrogen) atoms. The van der Waals surface area contributed by atoms with Gasteiger partial charge in [0.15, 0.2) is 0 Å². The number of nitrogens with zero attached hydrogens (tertiary/aromatic N) is 1. The highest BCUT2D eigenvalue weighted by atomic mass is 16.3. The summed E-state index contributed by atoms with van der Waals surface area (Å²) in [5.41, 5.74) is -0.690. The molecule has 1 unspecified atom stereocenters. The summed E-state index contributed by atoms with van der Waals surface area (Å²) < 4.78 is 0. The van der Waals surface area contributed by atoms with E-state index in [4.69, 9.17) is 0 Å². The SMILES string of the molecule is CC1(O)CCCN(C(=O)CNCC2CC2)C1. The van der Waals surface area contributed by atoms with E-state index in [-0.39, 0.29) is 5.91 Å². The molecule has 0 aromatic carbocycles. The number of amides is 1. The number of carbonyl (C=O) groups is 1. The monoisotopic (exact) mass is 226 g/mol. The van der Waals surface area contributed by atoms with Crippen molar-refractivity contribution in [1.29, 1.82) is 0 Å². The van der Waals surface area contributed by atoms with Gasteiger partial charge >= 0.3 is 0 Å². The number of likely N-dealkylation sites (tertiary alicyclic amines) is 1. The van der Waals surface area contributed by atoms with Crippen molar-refractivity contribution in [3.63, 3.8) is 0 Å². The van der Waals surface area contributed by atoms with Gasteiger partial charge < -0.3 is 15.3 Å². The van der Waals surface area contributed by atoms with Crippen molar-refractivity contribution in [1.82, 2.24) is 10.2 Å². The molecule has 1 amide bonds. The van der Waals surface area contributed by atoms with E-state index in [1.54, 1.807) is 4.90 Å². The fourth-order valence-electron chi connectivity index (χ4n) is 2.25. The van der Waals surface area contributed by atoms with E-state index in [1.807, 2.05) is 6.92 Å². The third-order valence-electron chi connectivity index (χ3n) is 3.43. The van der Waals surface area contributed by atoms with Crippen molar-refractivity contribution in [2.45, 2.75) is 38.2 Å². The molecule has 0 radical (unpaired) electrons. The Morgan fingerprint density at radius 2 is 2.31 bits per heavy atom. The van der Waals surface area contributed by atoms with Gasteiger partial charge in [0.1, 0.15) is 0 Å². The quantitative estimate of drug-likeness (QED) is 0.728. The van der Waals surface area contributed by atoms with E-state index < -0.39 is 5.60 Å². The van der Waals surface area contributed by atoms with Crippen LogP contribution < -0.4 is 5.32 Å². The lowest BCUT2D eigenvalue weighted by molar-refractivity contribution is -0.136. The zero-order valence-corrected chi connectivity index (χ0v) is 10.0. The first-order valence-electron chi connectivity index (χ1n) is 6.28. The van der Waals surface area contributed by atoms with Gasteiger partial charge in [0.25, 0.3) is 0 Å². The lowest BCUT2D eigenvalue weighted by Gasteiger charge is -2.36. The Hall–Kier alpha value is -0.610. The first-order valence-corrected chi connectivity index (χ1v) is 6.28. The summed E-state index contributed by atoms with van der Waals surface area (Å²) in [6.07, 6.45) is 4.31. The minimum absolute atomic E-state index is 0.126. The van der Waals surface area contributed by atoms with Crippen LogP contribution in [0.5, 0.6) is 0 Å². The minimum atomic E-state index is -0.690. The molecule has 0 bridgehead atoms. The van der Waals surface area contributed by atoms with Crippen molar-refractivity contribution < 1.29 is 9.90 Å². The minimum Gasteiger partial charge on any atom is -0.388 e. The molecule has 1 heterocycles. The average Bonchev–Trinajstić information content (AvgIpc) is 3.00. The Morgan fingerprint density at radius 1 is 1.56 bits per heavy atom. The van der Waals surface area contributed by atoms with E-state index >= 15 is 0 Å². The molecule has 0 aromatic heterocycles. The smallest absolute Gasteiger partial charge is 0.236 e. The Labute approximate surface area is 97.0 Å². The van der Waals surface area contributed by atoms with Crippen LogP contribution in [0.25, 0.3) is 0 Å². The van der Waals surface area contributed by atoms with Crippen LogP contribution in [0, 0.1) is 5.92 Å². The van der Waals surface area contributed by atoms with E-state index in [1.165, 1.54) is 12.8 Å². The zero-order chi connectivity index (χ0) is 11.6. The van der Waals surface area contributed by atoms with Crippen LogP contribution in [0.2, 0.25) is 0 Å². The molecule has 1 saturated carbocycles. The van der Waals surface area contributed by atoms with Gasteiger partial charge in [0.2, 0.25) is 5.91 Å². The van der Waals surface area contributed by atoms with E-state index in [0.717, 1.165) is 31.8 Å². The molecule has 4 heteroatoms. The Bertz CT molecular complexity index is 262. The molecule has 1 saturated heterocycles. The van der Waals surface area contributed by atoms with Crippen LogP contribution in [-0.2, 0) is 4.79 Å².